The van der Waals surface area contributed by atoms with Gasteiger partial charge in [-0.15, -0.1) is 0 Å². The monoisotopic (exact) mass is 230 g/mol. The van der Waals surface area contributed by atoms with Crippen molar-refractivity contribution in [3.8, 4) is 0 Å². The average molecular weight is 230 g/mol. The van der Waals surface area contributed by atoms with Crippen LogP contribution in [0.15, 0.2) is 36.5 Å². The quantitative estimate of drug-likeness (QED) is 0.818. The normalized spacial score (nSPS) is 10.2. The van der Waals surface area contributed by atoms with Crippen LogP contribution in [0.5, 0.6) is 0 Å². The number of hydrogen-bond donors (Lipinski definition) is 1. The number of nitrogens with zero attached hydrogens (tertiary/aromatic N) is 1. The van der Waals surface area contributed by atoms with Gasteiger partial charge in [0.2, 0.25) is 0 Å². The van der Waals surface area contributed by atoms with Crippen LogP contribution in [-0.4, -0.2) is 24.1 Å². The smallest absolute Gasteiger partial charge is 0.325 e. The molecule has 1 N–H and O–H groups in total. The minimum Gasteiger partial charge on any atom is -0.465 e. The third-order valence-electron chi connectivity index (χ3n) is 2.35. The molecule has 17 heavy (non-hydrogen) atoms. The molecule has 0 fully saturated rings. The number of carbonyl (C=O) groups excluding carboxylic acids is 1. The zero-order valence-corrected chi connectivity index (χ0v) is 9.64. The van der Waals surface area contributed by atoms with E-state index in [4.69, 9.17) is 4.74 Å². The van der Waals surface area contributed by atoms with Crippen LogP contribution >= 0.6 is 0 Å². The number of benzene rings is 1. The molecule has 2 aromatic rings. The molecule has 88 valence electrons. The fourth-order valence-corrected chi connectivity index (χ4v) is 1.57. The highest BCUT2D eigenvalue weighted by Gasteiger charge is 2.01. The molecule has 2 rings (SSSR count). The van der Waals surface area contributed by atoms with Crippen LogP contribution in [0, 0.1) is 0 Å². The van der Waals surface area contributed by atoms with E-state index in [1.54, 1.807) is 13.1 Å². The Balaban J connectivity index is 2.06. The molecule has 1 aromatic carbocycles. The van der Waals surface area contributed by atoms with Gasteiger partial charge in [-0.2, -0.15) is 0 Å². The Morgan fingerprint density at radius 1 is 1.41 bits per heavy atom. The number of anilines is 1. The van der Waals surface area contributed by atoms with E-state index in [-0.39, 0.29) is 12.5 Å². The molecule has 0 unspecified atom stereocenters. The molecule has 0 amide bonds. The van der Waals surface area contributed by atoms with Gasteiger partial charge in [0.15, 0.2) is 0 Å². The third kappa shape index (κ3) is 2.93. The summed E-state index contributed by atoms with van der Waals surface area (Å²) in [5, 5.41) is 4.06. The lowest BCUT2D eigenvalue weighted by molar-refractivity contribution is -0.140. The Labute approximate surface area is 99.6 Å². The summed E-state index contributed by atoms with van der Waals surface area (Å²) in [5.74, 6) is -0.251. The van der Waals surface area contributed by atoms with Gasteiger partial charge in [0.05, 0.1) is 12.1 Å². The highest BCUT2D eigenvalue weighted by molar-refractivity contribution is 5.83. The Kier molecular flexibility index (Phi) is 3.55. The van der Waals surface area contributed by atoms with Crippen molar-refractivity contribution in [2.24, 2.45) is 0 Å². The number of rotatable bonds is 4. The largest absolute Gasteiger partial charge is 0.465 e. The molecule has 0 saturated carbocycles. The molecule has 0 atom stereocenters. The molecule has 0 aliphatic rings. The van der Waals surface area contributed by atoms with Crippen molar-refractivity contribution >= 4 is 22.6 Å². The molecule has 0 aliphatic heterocycles. The first kappa shape index (κ1) is 11.4. The topological polar surface area (TPSA) is 51.2 Å². The van der Waals surface area contributed by atoms with E-state index >= 15 is 0 Å². The maximum absolute atomic E-state index is 11.2. The van der Waals surface area contributed by atoms with Gasteiger partial charge < -0.3 is 10.1 Å². The summed E-state index contributed by atoms with van der Waals surface area (Å²) in [6.45, 7) is 2.38. The number of fused-ring (bicyclic) bond motifs is 1. The molecule has 0 aliphatic carbocycles. The number of nitrogens with one attached hydrogen (secondary N) is 1. The van der Waals surface area contributed by atoms with Crippen LogP contribution in [0.1, 0.15) is 6.92 Å². The maximum atomic E-state index is 11.2. The van der Waals surface area contributed by atoms with E-state index in [0.29, 0.717) is 6.61 Å². The first-order valence-electron chi connectivity index (χ1n) is 5.54. The summed E-state index contributed by atoms with van der Waals surface area (Å²) in [4.78, 5) is 15.4. The van der Waals surface area contributed by atoms with Gasteiger partial charge in [0.1, 0.15) is 6.54 Å². The summed E-state index contributed by atoms with van der Waals surface area (Å²) in [6, 6.07) is 9.65. The van der Waals surface area contributed by atoms with Crippen molar-refractivity contribution in [2.75, 3.05) is 18.5 Å². The molecule has 0 spiro atoms. The summed E-state index contributed by atoms with van der Waals surface area (Å²) in [6.07, 6.45) is 1.76. The lowest BCUT2D eigenvalue weighted by Gasteiger charge is -2.06. The molecule has 4 nitrogen and oxygen atoms in total. The summed E-state index contributed by atoms with van der Waals surface area (Å²) in [7, 11) is 0. The van der Waals surface area contributed by atoms with Crippen molar-refractivity contribution in [3.63, 3.8) is 0 Å². The van der Waals surface area contributed by atoms with E-state index in [2.05, 4.69) is 10.3 Å². The predicted molar refractivity (Wildman–Crippen MR) is 66.9 cm³/mol. The second kappa shape index (κ2) is 5.30. The Bertz CT molecular complexity index is 526. The van der Waals surface area contributed by atoms with Crippen LogP contribution in [0.25, 0.3) is 10.9 Å². The van der Waals surface area contributed by atoms with Gasteiger partial charge >= 0.3 is 5.97 Å². The fourth-order valence-electron chi connectivity index (χ4n) is 1.57. The van der Waals surface area contributed by atoms with Crippen LogP contribution in [0.4, 0.5) is 5.69 Å². The lowest BCUT2D eigenvalue weighted by atomic mass is 10.2. The van der Waals surface area contributed by atoms with Crippen LogP contribution < -0.4 is 5.32 Å². The molecular formula is C13H14N2O2. The maximum Gasteiger partial charge on any atom is 0.325 e. The zero-order chi connectivity index (χ0) is 12.1. The Morgan fingerprint density at radius 2 is 2.29 bits per heavy atom. The van der Waals surface area contributed by atoms with Crippen molar-refractivity contribution in [1.29, 1.82) is 0 Å². The highest BCUT2D eigenvalue weighted by atomic mass is 16.5. The first-order valence-corrected chi connectivity index (χ1v) is 5.54. The molecule has 4 heteroatoms. The number of hydrogen-bond acceptors (Lipinski definition) is 4. The Morgan fingerprint density at radius 3 is 3.12 bits per heavy atom. The molecule has 0 saturated heterocycles. The second-order valence-corrected chi connectivity index (χ2v) is 3.57. The van der Waals surface area contributed by atoms with Crippen molar-refractivity contribution in [1.82, 2.24) is 4.98 Å². The molecule has 1 aromatic heterocycles. The number of esters is 1. The second-order valence-electron chi connectivity index (χ2n) is 3.57. The molecule has 0 radical (unpaired) electrons. The molecular weight excluding hydrogens is 216 g/mol. The van der Waals surface area contributed by atoms with Gasteiger partial charge in [0, 0.05) is 17.3 Å². The predicted octanol–water partition coefficient (Wildman–Crippen LogP) is 2.21. The minimum atomic E-state index is -0.251. The first-order chi connectivity index (χ1) is 8.29. The van der Waals surface area contributed by atoms with Gasteiger partial charge in [-0.1, -0.05) is 6.07 Å². The molecule has 1 heterocycles. The standard InChI is InChI=1S/C13H14N2O2/c1-2-17-13(16)9-15-11-5-6-12-10(8-11)4-3-7-14-12/h3-8,15H,2,9H2,1H3. The summed E-state index contributed by atoms with van der Waals surface area (Å²) >= 11 is 0. The van der Waals surface area contributed by atoms with Crippen LogP contribution in [0.3, 0.4) is 0 Å². The summed E-state index contributed by atoms with van der Waals surface area (Å²) < 4.78 is 4.84. The number of aromatic nitrogens is 1. The van der Waals surface area contributed by atoms with Crippen molar-refractivity contribution in [3.05, 3.63) is 36.5 Å². The van der Waals surface area contributed by atoms with E-state index < -0.39 is 0 Å². The van der Waals surface area contributed by atoms with Crippen LogP contribution in [-0.2, 0) is 9.53 Å². The summed E-state index contributed by atoms with van der Waals surface area (Å²) in [5.41, 5.74) is 1.83. The minimum absolute atomic E-state index is 0.180. The van der Waals surface area contributed by atoms with Gasteiger partial charge in [0.25, 0.3) is 0 Å². The third-order valence-corrected chi connectivity index (χ3v) is 2.35. The van der Waals surface area contributed by atoms with E-state index in [1.165, 1.54) is 0 Å². The van der Waals surface area contributed by atoms with E-state index in [0.717, 1.165) is 16.6 Å². The lowest BCUT2D eigenvalue weighted by Crippen LogP contribution is -2.16. The van der Waals surface area contributed by atoms with Crippen LogP contribution in [0.2, 0.25) is 0 Å². The number of pyridine rings is 1. The van der Waals surface area contributed by atoms with Gasteiger partial charge in [-0.25, -0.2) is 0 Å². The number of ether oxygens (including phenoxy) is 1. The van der Waals surface area contributed by atoms with E-state index in [1.807, 2.05) is 30.3 Å². The fraction of sp³-hybridized carbons (Fsp3) is 0.231. The SMILES string of the molecule is CCOC(=O)CNc1ccc2ncccc2c1. The van der Waals surface area contributed by atoms with Gasteiger partial charge in [-0.3, -0.25) is 9.78 Å². The van der Waals surface area contributed by atoms with E-state index in [9.17, 15) is 4.79 Å². The highest BCUT2D eigenvalue weighted by Crippen LogP contribution is 2.16. The zero-order valence-electron chi connectivity index (χ0n) is 9.64. The van der Waals surface area contributed by atoms with Crippen molar-refractivity contribution in [2.45, 2.75) is 6.92 Å². The van der Waals surface area contributed by atoms with Crippen molar-refractivity contribution < 1.29 is 9.53 Å². The molecule has 0 bridgehead atoms. The average Bonchev–Trinajstić information content (AvgIpc) is 2.36. The number of carbonyl (C=O) groups is 1. The Hall–Kier alpha value is -2.10. The van der Waals surface area contributed by atoms with Gasteiger partial charge in [-0.05, 0) is 31.2 Å².